The topological polar surface area (TPSA) is 96.6 Å². The van der Waals surface area contributed by atoms with E-state index >= 15 is 0 Å². The Balaban J connectivity index is 3.63. The van der Waals surface area contributed by atoms with Crippen molar-refractivity contribution < 1.29 is 19.8 Å². The van der Waals surface area contributed by atoms with Gasteiger partial charge in [-0.25, -0.2) is 0 Å². The van der Waals surface area contributed by atoms with Gasteiger partial charge in [0.05, 0.1) is 0 Å². The molecule has 1 rings (SSSR count). The molecule has 0 aliphatic heterocycles. The first-order valence-corrected chi connectivity index (χ1v) is 4.86. The molecular formula is C11H13NO5. The van der Waals surface area contributed by atoms with Crippen LogP contribution < -0.4 is 5.56 Å². The first-order valence-electron chi connectivity index (χ1n) is 4.86. The second-order valence-corrected chi connectivity index (χ2v) is 3.99. The largest absolute Gasteiger partial charge is 0.480 e. The van der Waals surface area contributed by atoms with E-state index in [0.29, 0.717) is 5.69 Å². The van der Waals surface area contributed by atoms with Gasteiger partial charge in [-0.2, -0.15) is 0 Å². The minimum atomic E-state index is -2.23. The molecule has 0 amide bonds. The molecule has 1 aromatic heterocycles. The number of hydrogen-bond acceptors (Lipinski definition) is 3. The maximum absolute atomic E-state index is 11.9. The smallest absolute Gasteiger partial charge is 0.325 e. The van der Waals surface area contributed by atoms with Crippen LogP contribution in [0, 0.1) is 6.92 Å². The van der Waals surface area contributed by atoms with Crippen LogP contribution in [0.5, 0.6) is 0 Å². The summed E-state index contributed by atoms with van der Waals surface area (Å²) in [7, 11) is 1.46. The van der Waals surface area contributed by atoms with E-state index < -0.39 is 22.9 Å². The van der Waals surface area contributed by atoms with E-state index in [2.05, 4.69) is 0 Å². The monoisotopic (exact) mass is 239 g/mol. The van der Waals surface area contributed by atoms with Crippen LogP contribution in [-0.2, 0) is 22.1 Å². The fourth-order valence-electron chi connectivity index (χ4n) is 1.43. The fourth-order valence-corrected chi connectivity index (χ4v) is 1.43. The van der Waals surface area contributed by atoms with Crippen molar-refractivity contribution in [1.82, 2.24) is 4.57 Å². The number of aryl methyl sites for hydroxylation is 1. The number of carbonyl (C=O) groups is 2. The second-order valence-electron chi connectivity index (χ2n) is 3.99. The van der Waals surface area contributed by atoms with Gasteiger partial charge in [0.25, 0.3) is 5.56 Å². The molecule has 92 valence electrons. The first kappa shape index (κ1) is 13.0. The maximum atomic E-state index is 11.9. The van der Waals surface area contributed by atoms with Crippen molar-refractivity contribution >= 4 is 11.9 Å². The van der Waals surface area contributed by atoms with Gasteiger partial charge in [-0.05, 0) is 19.9 Å². The van der Waals surface area contributed by atoms with Crippen LogP contribution in [0.2, 0.25) is 0 Å². The summed E-state index contributed by atoms with van der Waals surface area (Å²) in [4.78, 5) is 34.0. The summed E-state index contributed by atoms with van der Waals surface area (Å²) in [6.45, 7) is 2.67. The zero-order valence-corrected chi connectivity index (χ0v) is 9.72. The van der Waals surface area contributed by atoms with Crippen LogP contribution in [0.15, 0.2) is 16.9 Å². The second kappa shape index (κ2) is 4.04. The van der Waals surface area contributed by atoms with Crippen molar-refractivity contribution in [2.24, 2.45) is 7.05 Å². The lowest BCUT2D eigenvalue weighted by atomic mass is 9.83. The number of rotatable bonds is 3. The van der Waals surface area contributed by atoms with E-state index in [-0.39, 0.29) is 5.56 Å². The summed E-state index contributed by atoms with van der Waals surface area (Å²) < 4.78 is 1.22. The van der Waals surface area contributed by atoms with Gasteiger partial charge in [-0.1, -0.05) is 6.07 Å². The molecule has 1 aromatic rings. The van der Waals surface area contributed by atoms with E-state index in [1.54, 1.807) is 6.92 Å². The third-order valence-electron chi connectivity index (χ3n) is 2.95. The third-order valence-corrected chi connectivity index (χ3v) is 2.95. The highest BCUT2D eigenvalue weighted by Gasteiger charge is 2.45. The van der Waals surface area contributed by atoms with E-state index in [0.717, 1.165) is 6.92 Å². The molecule has 0 saturated carbocycles. The number of carboxylic acid groups (broad SMARTS) is 2. The predicted molar refractivity (Wildman–Crippen MR) is 59.0 cm³/mol. The Morgan fingerprint density at radius 3 is 2.12 bits per heavy atom. The third kappa shape index (κ3) is 1.82. The van der Waals surface area contributed by atoms with Crippen LogP contribution in [0.4, 0.5) is 0 Å². The summed E-state index contributed by atoms with van der Waals surface area (Å²) in [5.74, 6) is -3.13. The summed E-state index contributed by atoms with van der Waals surface area (Å²) in [5.41, 5.74) is -2.48. The van der Waals surface area contributed by atoms with Crippen molar-refractivity contribution in [3.8, 4) is 0 Å². The predicted octanol–water partition coefficient (Wildman–Crippen LogP) is 0.121. The summed E-state index contributed by atoms with van der Waals surface area (Å²) >= 11 is 0. The molecular weight excluding hydrogens is 226 g/mol. The lowest BCUT2D eigenvalue weighted by Crippen LogP contribution is -2.45. The molecule has 6 nitrogen and oxygen atoms in total. The summed E-state index contributed by atoms with van der Waals surface area (Å²) in [5, 5.41) is 18.0. The number of aromatic nitrogens is 1. The minimum Gasteiger partial charge on any atom is -0.480 e. The number of pyridine rings is 1. The Morgan fingerprint density at radius 1 is 1.24 bits per heavy atom. The molecule has 0 spiro atoms. The van der Waals surface area contributed by atoms with Gasteiger partial charge in [-0.15, -0.1) is 0 Å². The number of nitrogens with zero attached hydrogens (tertiary/aromatic N) is 1. The molecule has 0 aromatic carbocycles. The molecule has 6 heteroatoms. The molecule has 0 fully saturated rings. The first-order chi connectivity index (χ1) is 7.72. The van der Waals surface area contributed by atoms with Crippen LogP contribution in [0.1, 0.15) is 18.2 Å². The Kier molecular flexibility index (Phi) is 3.08. The van der Waals surface area contributed by atoms with Crippen molar-refractivity contribution in [3.63, 3.8) is 0 Å². The molecule has 0 radical (unpaired) electrons. The van der Waals surface area contributed by atoms with Crippen molar-refractivity contribution in [1.29, 1.82) is 0 Å². The normalized spacial score (nSPS) is 11.2. The van der Waals surface area contributed by atoms with Crippen LogP contribution >= 0.6 is 0 Å². The average Bonchev–Trinajstić information content (AvgIpc) is 2.24. The van der Waals surface area contributed by atoms with Gasteiger partial charge in [0.2, 0.25) is 0 Å². The number of hydrogen-bond donors (Lipinski definition) is 2. The molecule has 0 bridgehead atoms. The fraction of sp³-hybridized carbons (Fsp3) is 0.364. The Hall–Kier alpha value is -2.11. The summed E-state index contributed by atoms with van der Waals surface area (Å²) in [6.07, 6.45) is 0. The van der Waals surface area contributed by atoms with Gasteiger partial charge in [0.1, 0.15) is 0 Å². The molecule has 0 saturated heterocycles. The SMILES string of the molecule is Cc1ccc(C(C)(C(=O)O)C(=O)O)c(=O)n1C. The lowest BCUT2D eigenvalue weighted by Gasteiger charge is -2.20. The van der Waals surface area contributed by atoms with Crippen LogP contribution in [-0.4, -0.2) is 26.7 Å². The zero-order chi connectivity index (χ0) is 13.4. The molecule has 0 aliphatic rings. The average molecular weight is 239 g/mol. The standard InChI is InChI=1S/C11H13NO5/c1-6-4-5-7(8(13)12(6)3)11(2,9(14)15)10(16)17/h4-5H,1-3H3,(H,14,15)(H,16,17). The maximum Gasteiger partial charge on any atom is 0.325 e. The van der Waals surface area contributed by atoms with Gasteiger partial charge in [0.15, 0.2) is 5.41 Å². The quantitative estimate of drug-likeness (QED) is 0.730. The van der Waals surface area contributed by atoms with Crippen LogP contribution in [0.3, 0.4) is 0 Å². The molecule has 1 heterocycles. The Labute approximate surface area is 97.1 Å². The highest BCUT2D eigenvalue weighted by atomic mass is 16.4. The van der Waals surface area contributed by atoms with Gasteiger partial charge >= 0.3 is 11.9 Å². The molecule has 17 heavy (non-hydrogen) atoms. The van der Waals surface area contributed by atoms with Crippen molar-refractivity contribution in [2.75, 3.05) is 0 Å². The van der Waals surface area contributed by atoms with Gasteiger partial charge in [-0.3, -0.25) is 14.4 Å². The minimum absolute atomic E-state index is 0.259. The van der Waals surface area contributed by atoms with Crippen molar-refractivity contribution in [2.45, 2.75) is 19.3 Å². The Bertz CT molecular complexity index is 529. The Morgan fingerprint density at radius 2 is 1.71 bits per heavy atom. The van der Waals surface area contributed by atoms with Gasteiger partial charge in [0, 0.05) is 18.3 Å². The molecule has 0 unspecified atom stereocenters. The molecule has 2 N–H and O–H groups in total. The highest BCUT2D eigenvalue weighted by molar-refractivity contribution is 6.04. The highest BCUT2D eigenvalue weighted by Crippen LogP contribution is 2.21. The van der Waals surface area contributed by atoms with E-state index in [9.17, 15) is 14.4 Å². The number of carboxylic acids is 2. The number of aliphatic carboxylic acids is 2. The van der Waals surface area contributed by atoms with E-state index in [4.69, 9.17) is 10.2 Å². The van der Waals surface area contributed by atoms with Gasteiger partial charge < -0.3 is 14.8 Å². The van der Waals surface area contributed by atoms with E-state index in [1.807, 2.05) is 0 Å². The molecule has 0 atom stereocenters. The summed E-state index contributed by atoms with van der Waals surface area (Å²) in [6, 6.07) is 2.76. The van der Waals surface area contributed by atoms with Crippen LogP contribution in [0.25, 0.3) is 0 Å². The van der Waals surface area contributed by atoms with Crippen molar-refractivity contribution in [3.05, 3.63) is 33.7 Å². The lowest BCUT2D eigenvalue weighted by molar-refractivity contribution is -0.156. The molecule has 0 aliphatic carbocycles. The van der Waals surface area contributed by atoms with E-state index in [1.165, 1.54) is 23.7 Å². The zero-order valence-electron chi connectivity index (χ0n) is 9.72.